The van der Waals surface area contributed by atoms with Crippen molar-refractivity contribution in [2.24, 2.45) is 11.8 Å². The normalized spacial score (nSPS) is 33.6. The summed E-state index contributed by atoms with van der Waals surface area (Å²) in [5.74, 6) is 1.96. The monoisotopic (exact) mass is 141 g/mol. The molecule has 1 rings (SSSR count). The molecule has 1 unspecified atom stereocenters. The van der Waals surface area contributed by atoms with Crippen molar-refractivity contribution in [1.82, 2.24) is 4.90 Å². The molecule has 0 saturated heterocycles. The molecule has 0 amide bonds. The summed E-state index contributed by atoms with van der Waals surface area (Å²) in [6.45, 7) is 3.68. The minimum atomic E-state index is 0.974. The van der Waals surface area contributed by atoms with Crippen LogP contribution in [0.2, 0.25) is 0 Å². The Hall–Kier alpha value is -0.0400. The van der Waals surface area contributed by atoms with E-state index in [1.807, 2.05) is 0 Å². The minimum absolute atomic E-state index is 0.974. The van der Waals surface area contributed by atoms with Gasteiger partial charge in [-0.05, 0) is 32.4 Å². The summed E-state index contributed by atoms with van der Waals surface area (Å²) in [6.07, 6.45) is 4.37. The van der Waals surface area contributed by atoms with E-state index < -0.39 is 0 Å². The van der Waals surface area contributed by atoms with Crippen molar-refractivity contribution < 1.29 is 0 Å². The molecule has 1 fully saturated rings. The Kier molecular flexibility index (Phi) is 2.72. The molecule has 0 spiro atoms. The maximum absolute atomic E-state index is 2.39. The van der Waals surface area contributed by atoms with E-state index in [4.69, 9.17) is 0 Å². The second-order valence-electron chi connectivity index (χ2n) is 3.93. The van der Waals surface area contributed by atoms with Gasteiger partial charge in [-0.1, -0.05) is 19.8 Å². The van der Waals surface area contributed by atoms with Gasteiger partial charge in [0, 0.05) is 6.54 Å². The predicted molar refractivity (Wildman–Crippen MR) is 45.1 cm³/mol. The third-order valence-corrected chi connectivity index (χ3v) is 2.64. The van der Waals surface area contributed by atoms with Gasteiger partial charge in [0.15, 0.2) is 0 Å². The highest BCUT2D eigenvalue weighted by molar-refractivity contribution is 4.75. The lowest BCUT2D eigenvalue weighted by atomic mass is 9.98. The average molecular weight is 141 g/mol. The number of nitrogens with zero attached hydrogens (tertiary/aromatic N) is 1. The van der Waals surface area contributed by atoms with E-state index in [9.17, 15) is 0 Å². The highest BCUT2D eigenvalue weighted by Crippen LogP contribution is 2.31. The van der Waals surface area contributed by atoms with Crippen LogP contribution in [-0.4, -0.2) is 25.5 Å². The zero-order chi connectivity index (χ0) is 7.56. The maximum Gasteiger partial charge on any atom is 0.000610 e. The Morgan fingerprint density at radius 2 is 2.00 bits per heavy atom. The molecule has 1 heteroatoms. The van der Waals surface area contributed by atoms with Crippen LogP contribution in [0.1, 0.15) is 26.2 Å². The molecule has 1 nitrogen and oxygen atoms in total. The molecule has 10 heavy (non-hydrogen) atoms. The van der Waals surface area contributed by atoms with Crippen molar-refractivity contribution in [3.05, 3.63) is 0 Å². The lowest BCUT2D eigenvalue weighted by Gasteiger charge is -2.19. The van der Waals surface area contributed by atoms with Gasteiger partial charge in [0.1, 0.15) is 0 Å². The maximum atomic E-state index is 2.39. The first-order chi connectivity index (χ1) is 4.70. The van der Waals surface area contributed by atoms with Crippen molar-refractivity contribution in [3.8, 4) is 0 Å². The van der Waals surface area contributed by atoms with E-state index in [2.05, 4.69) is 25.9 Å². The second-order valence-corrected chi connectivity index (χ2v) is 3.93. The zero-order valence-electron chi connectivity index (χ0n) is 7.43. The standard InChI is InChI=1S/C9H19N/c1-8-5-4-6-9(8)7-10(2)3/h8-9H,4-7H2,1-3H3/t8?,9-/m1/s1. The average Bonchev–Trinajstić information content (AvgIpc) is 2.15. The molecule has 0 N–H and O–H groups in total. The number of hydrogen-bond donors (Lipinski definition) is 0. The molecule has 1 saturated carbocycles. The van der Waals surface area contributed by atoms with Crippen molar-refractivity contribution >= 4 is 0 Å². The summed E-state index contributed by atoms with van der Waals surface area (Å²) in [5, 5.41) is 0. The van der Waals surface area contributed by atoms with Crippen LogP contribution in [0.25, 0.3) is 0 Å². The van der Waals surface area contributed by atoms with Crippen molar-refractivity contribution in [2.75, 3.05) is 20.6 Å². The van der Waals surface area contributed by atoms with E-state index in [1.165, 1.54) is 25.8 Å². The van der Waals surface area contributed by atoms with Gasteiger partial charge in [0.05, 0.1) is 0 Å². The molecular formula is C9H19N. The van der Waals surface area contributed by atoms with E-state index in [1.54, 1.807) is 0 Å². The third kappa shape index (κ3) is 1.98. The van der Waals surface area contributed by atoms with Crippen LogP contribution < -0.4 is 0 Å². The topological polar surface area (TPSA) is 3.24 Å². The molecular weight excluding hydrogens is 122 g/mol. The first-order valence-electron chi connectivity index (χ1n) is 4.35. The van der Waals surface area contributed by atoms with E-state index in [0.29, 0.717) is 0 Å². The van der Waals surface area contributed by atoms with Gasteiger partial charge in [0.2, 0.25) is 0 Å². The quantitative estimate of drug-likeness (QED) is 0.568. The smallest absolute Gasteiger partial charge is 0.000610 e. The van der Waals surface area contributed by atoms with Crippen molar-refractivity contribution in [2.45, 2.75) is 26.2 Å². The molecule has 1 aliphatic rings. The number of hydrogen-bond acceptors (Lipinski definition) is 1. The summed E-state index contributed by atoms with van der Waals surface area (Å²) in [4.78, 5) is 2.31. The van der Waals surface area contributed by atoms with Crippen LogP contribution in [0.3, 0.4) is 0 Å². The fraction of sp³-hybridized carbons (Fsp3) is 1.00. The fourth-order valence-corrected chi connectivity index (χ4v) is 1.96. The van der Waals surface area contributed by atoms with Crippen LogP contribution >= 0.6 is 0 Å². The van der Waals surface area contributed by atoms with E-state index in [-0.39, 0.29) is 0 Å². The summed E-state index contributed by atoms with van der Waals surface area (Å²) >= 11 is 0. The van der Waals surface area contributed by atoms with Crippen molar-refractivity contribution in [1.29, 1.82) is 0 Å². The summed E-state index contributed by atoms with van der Waals surface area (Å²) in [7, 11) is 4.34. The molecule has 2 atom stereocenters. The lowest BCUT2D eigenvalue weighted by Crippen LogP contribution is -2.22. The van der Waals surface area contributed by atoms with Gasteiger partial charge in [-0.3, -0.25) is 0 Å². The molecule has 0 aliphatic heterocycles. The van der Waals surface area contributed by atoms with Crippen molar-refractivity contribution in [3.63, 3.8) is 0 Å². The van der Waals surface area contributed by atoms with Crippen LogP contribution in [-0.2, 0) is 0 Å². The summed E-state index contributed by atoms with van der Waals surface area (Å²) < 4.78 is 0. The molecule has 1 aliphatic carbocycles. The van der Waals surface area contributed by atoms with Crippen LogP contribution in [0.15, 0.2) is 0 Å². The first kappa shape index (κ1) is 8.06. The fourth-order valence-electron chi connectivity index (χ4n) is 1.96. The molecule has 0 aromatic heterocycles. The van der Waals surface area contributed by atoms with Gasteiger partial charge >= 0.3 is 0 Å². The highest BCUT2D eigenvalue weighted by Gasteiger charge is 2.23. The van der Waals surface area contributed by atoms with Crippen LogP contribution in [0.5, 0.6) is 0 Å². The SMILES string of the molecule is CC1CCC[C@@H]1CN(C)C. The predicted octanol–water partition coefficient (Wildman–Crippen LogP) is 1.98. The van der Waals surface area contributed by atoms with Crippen LogP contribution in [0.4, 0.5) is 0 Å². The molecule has 0 heterocycles. The van der Waals surface area contributed by atoms with Gasteiger partial charge < -0.3 is 4.90 Å². The zero-order valence-corrected chi connectivity index (χ0v) is 7.43. The molecule has 60 valence electrons. The Bertz CT molecular complexity index is 98.9. The van der Waals surface area contributed by atoms with Gasteiger partial charge in [0.25, 0.3) is 0 Å². The Morgan fingerprint density at radius 3 is 2.40 bits per heavy atom. The molecule has 0 aromatic carbocycles. The van der Waals surface area contributed by atoms with E-state index in [0.717, 1.165) is 11.8 Å². The third-order valence-electron chi connectivity index (χ3n) is 2.64. The van der Waals surface area contributed by atoms with Gasteiger partial charge in [-0.15, -0.1) is 0 Å². The van der Waals surface area contributed by atoms with E-state index >= 15 is 0 Å². The number of rotatable bonds is 2. The lowest BCUT2D eigenvalue weighted by molar-refractivity contribution is 0.286. The highest BCUT2D eigenvalue weighted by atomic mass is 15.1. The Morgan fingerprint density at radius 1 is 1.30 bits per heavy atom. The Balaban J connectivity index is 2.26. The minimum Gasteiger partial charge on any atom is -0.309 e. The van der Waals surface area contributed by atoms with Gasteiger partial charge in [-0.2, -0.15) is 0 Å². The first-order valence-corrected chi connectivity index (χ1v) is 4.35. The second kappa shape index (κ2) is 3.38. The Labute approximate surface area is 64.4 Å². The molecule has 0 radical (unpaired) electrons. The molecule has 0 aromatic rings. The largest absolute Gasteiger partial charge is 0.309 e. The van der Waals surface area contributed by atoms with Crippen LogP contribution in [0, 0.1) is 11.8 Å². The molecule has 0 bridgehead atoms. The van der Waals surface area contributed by atoms with Gasteiger partial charge in [-0.25, -0.2) is 0 Å². The summed E-state index contributed by atoms with van der Waals surface area (Å²) in [5.41, 5.74) is 0. The summed E-state index contributed by atoms with van der Waals surface area (Å²) in [6, 6.07) is 0.